The number of nitrogens with zero attached hydrogens (tertiary/aromatic N) is 2. The third-order valence-electron chi connectivity index (χ3n) is 3.41. The van der Waals surface area contributed by atoms with E-state index in [0.717, 1.165) is 0 Å². The number of carbonyl (C=O) groups excluding carboxylic acids is 1. The van der Waals surface area contributed by atoms with Crippen molar-refractivity contribution in [2.24, 2.45) is 0 Å². The molecule has 1 saturated heterocycles. The summed E-state index contributed by atoms with van der Waals surface area (Å²) in [4.78, 5) is 28.8. The first kappa shape index (κ1) is 15.2. The van der Waals surface area contributed by atoms with E-state index in [4.69, 9.17) is 9.84 Å². The molecule has 0 saturated carbocycles. The molecule has 1 N–H and O–H groups in total. The monoisotopic (exact) mass is 294 g/mol. The van der Waals surface area contributed by atoms with E-state index >= 15 is 0 Å². The molecule has 114 valence electrons. The number of esters is 1. The second kappa shape index (κ2) is 6.53. The fourth-order valence-corrected chi connectivity index (χ4v) is 2.36. The Bertz CT molecular complexity index is 546. The van der Waals surface area contributed by atoms with Gasteiger partial charge in [0.2, 0.25) is 0 Å². The molecule has 21 heavy (non-hydrogen) atoms. The molecule has 2 heterocycles. The van der Waals surface area contributed by atoms with E-state index in [1.807, 2.05) is 4.90 Å². The van der Waals surface area contributed by atoms with Crippen LogP contribution in [0, 0.1) is 6.92 Å². The van der Waals surface area contributed by atoms with Crippen molar-refractivity contribution in [3.05, 3.63) is 23.4 Å². The Morgan fingerprint density at radius 1 is 1.52 bits per heavy atom. The van der Waals surface area contributed by atoms with Crippen LogP contribution < -0.4 is 4.90 Å². The predicted octanol–water partition coefficient (Wildman–Crippen LogP) is 0.857. The average molecular weight is 294 g/mol. The highest BCUT2D eigenvalue weighted by Crippen LogP contribution is 2.21. The Morgan fingerprint density at radius 3 is 2.90 bits per heavy atom. The summed E-state index contributed by atoms with van der Waals surface area (Å²) in [6.07, 6.45) is -0.0144. The van der Waals surface area contributed by atoms with Crippen molar-refractivity contribution < 1.29 is 24.2 Å². The van der Waals surface area contributed by atoms with Gasteiger partial charge in [0.05, 0.1) is 44.0 Å². The van der Waals surface area contributed by atoms with Crippen LogP contribution in [0.4, 0.5) is 5.82 Å². The molecular formula is C14H18N2O5. The molecular weight excluding hydrogens is 276 g/mol. The predicted molar refractivity (Wildman–Crippen MR) is 74.5 cm³/mol. The zero-order valence-electron chi connectivity index (χ0n) is 12.0. The number of methoxy groups -OCH3 is 1. The van der Waals surface area contributed by atoms with Gasteiger partial charge in [-0.05, 0) is 19.1 Å². The molecule has 1 atom stereocenters. The topological polar surface area (TPSA) is 89.0 Å². The Balaban J connectivity index is 2.25. The highest BCUT2D eigenvalue weighted by atomic mass is 16.5. The van der Waals surface area contributed by atoms with Crippen molar-refractivity contribution in [3.8, 4) is 0 Å². The molecule has 0 spiro atoms. The van der Waals surface area contributed by atoms with E-state index in [9.17, 15) is 9.59 Å². The molecule has 7 nitrogen and oxygen atoms in total. The zero-order chi connectivity index (χ0) is 15.4. The Labute approximate surface area is 122 Å². The normalized spacial score (nSPS) is 18.4. The number of carboxylic acid groups (broad SMARTS) is 1. The molecule has 0 bridgehead atoms. The number of morpholine rings is 1. The maximum atomic E-state index is 11.6. The van der Waals surface area contributed by atoms with Gasteiger partial charge in [-0.2, -0.15) is 0 Å². The Morgan fingerprint density at radius 2 is 2.29 bits per heavy atom. The molecule has 0 amide bonds. The first-order valence-corrected chi connectivity index (χ1v) is 6.65. The minimum Gasteiger partial charge on any atom is -0.481 e. The van der Waals surface area contributed by atoms with Gasteiger partial charge in [0.1, 0.15) is 5.82 Å². The maximum absolute atomic E-state index is 11.6. The Kier molecular flexibility index (Phi) is 4.74. The number of aryl methyl sites for hydroxylation is 1. The van der Waals surface area contributed by atoms with Gasteiger partial charge in [-0.3, -0.25) is 4.79 Å². The zero-order valence-corrected chi connectivity index (χ0v) is 12.0. The van der Waals surface area contributed by atoms with Crippen LogP contribution in [0.2, 0.25) is 0 Å². The molecule has 0 radical (unpaired) electrons. The number of carbonyl (C=O) groups is 2. The van der Waals surface area contributed by atoms with E-state index in [1.54, 1.807) is 19.1 Å². The summed E-state index contributed by atoms with van der Waals surface area (Å²) in [6, 6.07) is 3.10. The van der Waals surface area contributed by atoms with Crippen LogP contribution in [0.15, 0.2) is 12.1 Å². The molecule has 1 aromatic rings. The van der Waals surface area contributed by atoms with Gasteiger partial charge >= 0.3 is 11.9 Å². The van der Waals surface area contributed by atoms with E-state index in [0.29, 0.717) is 36.8 Å². The summed E-state index contributed by atoms with van der Waals surface area (Å²) in [5, 5.41) is 8.97. The van der Waals surface area contributed by atoms with Crippen molar-refractivity contribution in [1.82, 2.24) is 4.98 Å². The van der Waals surface area contributed by atoms with Gasteiger partial charge in [-0.15, -0.1) is 0 Å². The SMILES string of the molecule is COC(=O)c1ccc(N2CCOCC2CC(=O)O)nc1C. The minimum absolute atomic E-state index is 0.0144. The van der Waals surface area contributed by atoms with Gasteiger partial charge in [0.25, 0.3) is 0 Å². The lowest BCUT2D eigenvalue weighted by atomic mass is 10.1. The summed E-state index contributed by atoms with van der Waals surface area (Å²) in [5.41, 5.74) is 0.962. The van der Waals surface area contributed by atoms with Crippen LogP contribution >= 0.6 is 0 Å². The highest BCUT2D eigenvalue weighted by Gasteiger charge is 2.27. The molecule has 0 aliphatic carbocycles. The number of hydrogen-bond acceptors (Lipinski definition) is 6. The second-order valence-electron chi connectivity index (χ2n) is 4.81. The number of pyridine rings is 1. The van der Waals surface area contributed by atoms with Crippen LogP contribution in [-0.2, 0) is 14.3 Å². The molecule has 1 aliphatic rings. The van der Waals surface area contributed by atoms with Crippen molar-refractivity contribution in [1.29, 1.82) is 0 Å². The summed E-state index contributed by atoms with van der Waals surface area (Å²) in [7, 11) is 1.32. The van der Waals surface area contributed by atoms with Crippen LogP contribution in [0.25, 0.3) is 0 Å². The number of rotatable bonds is 4. The van der Waals surface area contributed by atoms with Crippen LogP contribution in [-0.4, -0.2) is 54.9 Å². The number of aromatic nitrogens is 1. The lowest BCUT2D eigenvalue weighted by Gasteiger charge is -2.35. The van der Waals surface area contributed by atoms with Crippen molar-refractivity contribution >= 4 is 17.8 Å². The highest BCUT2D eigenvalue weighted by molar-refractivity contribution is 5.90. The fourth-order valence-electron chi connectivity index (χ4n) is 2.36. The minimum atomic E-state index is -0.876. The second-order valence-corrected chi connectivity index (χ2v) is 4.81. The van der Waals surface area contributed by atoms with E-state index < -0.39 is 11.9 Å². The first-order valence-electron chi connectivity index (χ1n) is 6.65. The number of anilines is 1. The summed E-state index contributed by atoms with van der Waals surface area (Å²) < 4.78 is 10.0. The van der Waals surface area contributed by atoms with Crippen molar-refractivity contribution in [3.63, 3.8) is 0 Å². The number of carboxylic acids is 1. The summed E-state index contributed by atoms with van der Waals surface area (Å²) >= 11 is 0. The van der Waals surface area contributed by atoms with E-state index in [2.05, 4.69) is 9.72 Å². The van der Waals surface area contributed by atoms with Gasteiger partial charge < -0.3 is 19.5 Å². The number of aliphatic carboxylic acids is 1. The molecule has 7 heteroatoms. The molecule has 0 aromatic carbocycles. The van der Waals surface area contributed by atoms with E-state index in [-0.39, 0.29) is 12.5 Å². The van der Waals surface area contributed by atoms with Crippen LogP contribution in [0.5, 0.6) is 0 Å². The Hall–Kier alpha value is -2.15. The molecule has 1 aromatic heterocycles. The fraction of sp³-hybridized carbons (Fsp3) is 0.500. The van der Waals surface area contributed by atoms with Crippen LogP contribution in [0.1, 0.15) is 22.5 Å². The number of hydrogen-bond donors (Lipinski definition) is 1. The largest absolute Gasteiger partial charge is 0.481 e. The maximum Gasteiger partial charge on any atom is 0.339 e. The van der Waals surface area contributed by atoms with Gasteiger partial charge in [0, 0.05) is 6.54 Å². The average Bonchev–Trinajstić information content (AvgIpc) is 2.46. The van der Waals surface area contributed by atoms with Gasteiger partial charge in [-0.1, -0.05) is 0 Å². The quantitative estimate of drug-likeness (QED) is 0.824. The first-order chi connectivity index (χ1) is 10.0. The number of ether oxygens (including phenoxy) is 2. The molecule has 1 fully saturated rings. The van der Waals surface area contributed by atoms with Gasteiger partial charge in [0.15, 0.2) is 0 Å². The third kappa shape index (κ3) is 3.49. The lowest BCUT2D eigenvalue weighted by Crippen LogP contribution is -2.47. The molecule has 1 aliphatic heterocycles. The summed E-state index contributed by atoms with van der Waals surface area (Å²) in [6.45, 7) is 3.17. The molecule has 1 unspecified atom stereocenters. The van der Waals surface area contributed by atoms with Gasteiger partial charge in [-0.25, -0.2) is 9.78 Å². The van der Waals surface area contributed by atoms with Crippen LogP contribution in [0.3, 0.4) is 0 Å². The summed E-state index contributed by atoms with van der Waals surface area (Å²) in [5.74, 6) is -0.663. The van der Waals surface area contributed by atoms with E-state index in [1.165, 1.54) is 7.11 Å². The smallest absolute Gasteiger partial charge is 0.339 e. The van der Waals surface area contributed by atoms with Crippen molar-refractivity contribution in [2.75, 3.05) is 31.8 Å². The molecule has 2 rings (SSSR count). The third-order valence-corrected chi connectivity index (χ3v) is 3.41. The standard InChI is InChI=1S/C14H18N2O5/c1-9-11(14(19)20-2)3-4-12(15-9)16-5-6-21-8-10(16)7-13(17)18/h3-4,10H,5-8H2,1-2H3,(H,17,18). The lowest BCUT2D eigenvalue weighted by molar-refractivity contribution is -0.138. The van der Waals surface area contributed by atoms with Crippen molar-refractivity contribution in [2.45, 2.75) is 19.4 Å².